The maximum Gasteiger partial charge on any atom is 0.0972 e. The van der Waals surface area contributed by atoms with Gasteiger partial charge in [0.1, 0.15) is 0 Å². The van der Waals surface area contributed by atoms with E-state index < -0.39 is 0 Å². The predicted molar refractivity (Wildman–Crippen MR) is 174 cm³/mol. The minimum atomic E-state index is 0.898. The minimum Gasteiger partial charge on any atom is -0.247 e. The molecule has 42 heavy (non-hydrogen) atoms. The highest BCUT2D eigenvalue weighted by atomic mass is 14.8. The van der Waals surface area contributed by atoms with Crippen molar-refractivity contribution in [1.29, 1.82) is 0 Å². The van der Waals surface area contributed by atoms with Crippen LogP contribution in [0.3, 0.4) is 0 Å². The zero-order valence-corrected chi connectivity index (χ0v) is 22.8. The zero-order chi connectivity index (χ0) is 27.9. The summed E-state index contributed by atoms with van der Waals surface area (Å²) >= 11 is 0. The fourth-order valence-electron chi connectivity index (χ4n) is 5.77. The molecule has 8 rings (SSSR count). The Labute approximate surface area is 243 Å². The third kappa shape index (κ3) is 4.20. The monoisotopic (exact) mass is 535 g/mol. The zero-order valence-electron chi connectivity index (χ0n) is 22.8. The van der Waals surface area contributed by atoms with E-state index in [9.17, 15) is 0 Å². The van der Waals surface area contributed by atoms with Crippen LogP contribution in [0.2, 0.25) is 0 Å². The molecule has 3 aromatic heterocycles. The molecule has 0 aliphatic rings. The van der Waals surface area contributed by atoms with Crippen molar-refractivity contribution in [1.82, 2.24) is 15.0 Å². The van der Waals surface area contributed by atoms with Gasteiger partial charge in [0.05, 0.1) is 33.8 Å². The van der Waals surface area contributed by atoms with Crippen molar-refractivity contribution in [3.05, 3.63) is 152 Å². The largest absolute Gasteiger partial charge is 0.247 e. The third-order valence-electron chi connectivity index (χ3n) is 7.84. The van der Waals surface area contributed by atoms with Gasteiger partial charge in [-0.1, -0.05) is 133 Å². The molecule has 0 fully saturated rings. The lowest BCUT2D eigenvalue weighted by Gasteiger charge is -2.14. The van der Waals surface area contributed by atoms with Gasteiger partial charge in [-0.15, -0.1) is 0 Å². The first-order chi connectivity index (χ1) is 20.8. The van der Waals surface area contributed by atoms with Crippen LogP contribution in [0.15, 0.2) is 152 Å². The van der Waals surface area contributed by atoms with Gasteiger partial charge in [0, 0.05) is 38.4 Å². The molecule has 0 unspecified atom stereocenters. The van der Waals surface area contributed by atoms with Crippen molar-refractivity contribution in [3.8, 4) is 45.0 Å². The van der Waals surface area contributed by atoms with E-state index in [2.05, 4.69) is 121 Å². The molecule has 3 heterocycles. The van der Waals surface area contributed by atoms with E-state index in [1.165, 1.54) is 0 Å². The second-order valence-electron chi connectivity index (χ2n) is 10.5. The molecule has 0 aliphatic heterocycles. The Kier molecular flexibility index (Phi) is 5.79. The van der Waals surface area contributed by atoms with Crippen molar-refractivity contribution in [2.45, 2.75) is 0 Å². The number of pyridine rings is 3. The second-order valence-corrected chi connectivity index (χ2v) is 10.5. The van der Waals surface area contributed by atoms with E-state index in [1.54, 1.807) is 0 Å². The number of fused-ring (bicyclic) bond motifs is 4. The van der Waals surface area contributed by atoms with E-state index in [0.717, 1.165) is 77.6 Å². The molecule has 0 bridgehead atoms. The summed E-state index contributed by atoms with van der Waals surface area (Å²) in [5.41, 5.74) is 9.87. The summed E-state index contributed by atoms with van der Waals surface area (Å²) in [4.78, 5) is 15.6. The molecular weight excluding hydrogens is 510 g/mol. The van der Waals surface area contributed by atoms with Crippen LogP contribution in [-0.4, -0.2) is 15.0 Å². The first-order valence-electron chi connectivity index (χ1n) is 14.1. The van der Waals surface area contributed by atoms with Crippen molar-refractivity contribution in [3.63, 3.8) is 0 Å². The average molecular weight is 536 g/mol. The highest BCUT2D eigenvalue weighted by molar-refractivity contribution is 6.08. The summed E-state index contributed by atoms with van der Waals surface area (Å²) < 4.78 is 0. The lowest BCUT2D eigenvalue weighted by Crippen LogP contribution is -1.95. The van der Waals surface area contributed by atoms with Crippen molar-refractivity contribution in [2.75, 3.05) is 0 Å². The highest BCUT2D eigenvalue weighted by Gasteiger charge is 2.16. The first-order valence-corrected chi connectivity index (χ1v) is 14.1. The quantitative estimate of drug-likeness (QED) is 0.211. The number of benzene rings is 5. The minimum absolute atomic E-state index is 0.898. The number of rotatable bonds is 4. The molecule has 0 spiro atoms. The second kappa shape index (κ2) is 10.1. The summed E-state index contributed by atoms with van der Waals surface area (Å²) in [6.45, 7) is 0. The summed E-state index contributed by atoms with van der Waals surface area (Å²) in [5.74, 6) is 0. The number of aromatic nitrogens is 3. The molecule has 0 amide bonds. The molecular formula is C39H25N3. The fraction of sp³-hybridized carbons (Fsp3) is 0. The molecule has 0 aliphatic carbocycles. The highest BCUT2D eigenvalue weighted by Crippen LogP contribution is 2.38. The summed E-state index contributed by atoms with van der Waals surface area (Å²) in [5, 5.41) is 4.36. The molecule has 0 atom stereocenters. The van der Waals surface area contributed by atoms with E-state index >= 15 is 0 Å². The SMILES string of the molecule is c1ccc(-c2cc3cccc(-c4ccc5ccc6ccc(-c7ccccc7)nc6c5n4)c3c(-c3ccccc3)n2)cc1. The lowest BCUT2D eigenvalue weighted by atomic mass is 9.95. The molecule has 0 saturated heterocycles. The normalized spacial score (nSPS) is 11.3. The van der Waals surface area contributed by atoms with E-state index in [-0.39, 0.29) is 0 Å². The molecule has 8 aromatic rings. The Hall–Kier alpha value is -5.67. The summed E-state index contributed by atoms with van der Waals surface area (Å²) in [7, 11) is 0. The molecule has 3 nitrogen and oxygen atoms in total. The Morgan fingerprint density at radius 2 is 0.857 bits per heavy atom. The maximum atomic E-state index is 5.28. The van der Waals surface area contributed by atoms with E-state index in [4.69, 9.17) is 15.0 Å². The van der Waals surface area contributed by atoms with Gasteiger partial charge in [0.2, 0.25) is 0 Å². The van der Waals surface area contributed by atoms with Crippen molar-refractivity contribution in [2.24, 2.45) is 0 Å². The van der Waals surface area contributed by atoms with Gasteiger partial charge >= 0.3 is 0 Å². The molecule has 0 N–H and O–H groups in total. The van der Waals surface area contributed by atoms with Crippen LogP contribution in [0.25, 0.3) is 77.6 Å². The number of hydrogen-bond donors (Lipinski definition) is 0. The van der Waals surface area contributed by atoms with Crippen LogP contribution in [0, 0.1) is 0 Å². The third-order valence-corrected chi connectivity index (χ3v) is 7.84. The van der Waals surface area contributed by atoms with Gasteiger partial charge in [-0.05, 0) is 23.6 Å². The summed E-state index contributed by atoms with van der Waals surface area (Å²) in [6.07, 6.45) is 0. The van der Waals surface area contributed by atoms with Crippen LogP contribution in [0.5, 0.6) is 0 Å². The molecule has 0 radical (unpaired) electrons. The first kappa shape index (κ1) is 24.2. The van der Waals surface area contributed by atoms with Crippen LogP contribution in [-0.2, 0) is 0 Å². The Bertz CT molecular complexity index is 2230. The molecule has 196 valence electrons. The van der Waals surface area contributed by atoms with Gasteiger partial charge in [0.25, 0.3) is 0 Å². The Morgan fingerprint density at radius 3 is 1.50 bits per heavy atom. The number of hydrogen-bond acceptors (Lipinski definition) is 3. The topological polar surface area (TPSA) is 38.7 Å². The van der Waals surface area contributed by atoms with Gasteiger partial charge < -0.3 is 0 Å². The fourth-order valence-corrected chi connectivity index (χ4v) is 5.77. The van der Waals surface area contributed by atoms with Crippen LogP contribution >= 0.6 is 0 Å². The molecule has 0 saturated carbocycles. The predicted octanol–water partition coefficient (Wildman–Crippen LogP) is 10.00. The van der Waals surface area contributed by atoms with Crippen molar-refractivity contribution < 1.29 is 0 Å². The van der Waals surface area contributed by atoms with Crippen molar-refractivity contribution >= 4 is 32.6 Å². The Morgan fingerprint density at radius 1 is 0.333 bits per heavy atom. The standard InChI is InChI=1S/C39H25N3/c1-4-11-26(12-5-1)33-23-21-29-19-20-30-22-24-34(41-39(30)38(29)40-33)32-18-10-17-31-25-35(27-13-6-2-7-14-27)42-37(36(31)32)28-15-8-3-9-16-28/h1-25H. The molecule has 5 aromatic carbocycles. The number of nitrogens with zero attached hydrogens (tertiary/aromatic N) is 3. The lowest BCUT2D eigenvalue weighted by molar-refractivity contribution is 1.34. The van der Waals surface area contributed by atoms with Crippen LogP contribution < -0.4 is 0 Å². The van der Waals surface area contributed by atoms with Crippen LogP contribution in [0.4, 0.5) is 0 Å². The summed E-state index contributed by atoms with van der Waals surface area (Å²) in [6, 6.07) is 52.5. The van der Waals surface area contributed by atoms with E-state index in [1.807, 2.05) is 30.3 Å². The maximum absolute atomic E-state index is 5.28. The van der Waals surface area contributed by atoms with Crippen LogP contribution in [0.1, 0.15) is 0 Å². The Balaban J connectivity index is 1.38. The van der Waals surface area contributed by atoms with Gasteiger partial charge in [-0.25, -0.2) is 15.0 Å². The molecule has 3 heteroatoms. The van der Waals surface area contributed by atoms with Gasteiger partial charge in [0.15, 0.2) is 0 Å². The average Bonchev–Trinajstić information content (AvgIpc) is 3.08. The van der Waals surface area contributed by atoms with E-state index in [0.29, 0.717) is 0 Å². The van der Waals surface area contributed by atoms with Gasteiger partial charge in [-0.2, -0.15) is 0 Å². The van der Waals surface area contributed by atoms with Gasteiger partial charge in [-0.3, -0.25) is 0 Å². The smallest absolute Gasteiger partial charge is 0.0972 e.